The number of carbonyl (C=O) groups is 1. The van der Waals surface area contributed by atoms with Crippen LogP contribution in [0.2, 0.25) is 0 Å². The summed E-state index contributed by atoms with van der Waals surface area (Å²) in [6.07, 6.45) is 5.01. The minimum atomic E-state index is -3.53. The molecule has 132 valence electrons. The molecule has 25 heavy (non-hydrogen) atoms. The standard InChI is InChI=1S/C17H20N4O3S/c1-14(22)15-2-4-17(5-3-15)25(23,24)21-10-8-20(9-11-21)13-16-12-18-6-7-19-16/h2-7,12H,8-11,13H2,1H3. The fourth-order valence-corrected chi connectivity index (χ4v) is 4.20. The van der Waals surface area contributed by atoms with Gasteiger partial charge in [0.2, 0.25) is 10.0 Å². The first kappa shape index (κ1) is 17.7. The summed E-state index contributed by atoms with van der Waals surface area (Å²) in [5.41, 5.74) is 1.38. The molecule has 0 bridgehead atoms. The van der Waals surface area contributed by atoms with E-state index in [0.717, 1.165) is 5.69 Å². The van der Waals surface area contributed by atoms with Gasteiger partial charge in [-0.3, -0.25) is 19.7 Å². The lowest BCUT2D eigenvalue weighted by molar-refractivity contribution is 0.101. The number of rotatable bonds is 5. The fourth-order valence-electron chi connectivity index (χ4n) is 2.78. The Morgan fingerprint density at radius 2 is 1.76 bits per heavy atom. The molecule has 0 saturated carbocycles. The van der Waals surface area contributed by atoms with Gasteiger partial charge in [-0.2, -0.15) is 4.31 Å². The van der Waals surface area contributed by atoms with Gasteiger partial charge in [0, 0.05) is 56.9 Å². The Morgan fingerprint density at radius 1 is 1.08 bits per heavy atom. The Bertz CT molecular complexity index is 830. The largest absolute Gasteiger partial charge is 0.295 e. The van der Waals surface area contributed by atoms with Crippen molar-refractivity contribution in [3.8, 4) is 0 Å². The molecule has 1 aliphatic rings. The van der Waals surface area contributed by atoms with Crippen LogP contribution in [-0.4, -0.2) is 59.6 Å². The third-order valence-corrected chi connectivity index (χ3v) is 6.14. The van der Waals surface area contributed by atoms with Gasteiger partial charge in [-0.25, -0.2) is 8.42 Å². The van der Waals surface area contributed by atoms with E-state index < -0.39 is 10.0 Å². The van der Waals surface area contributed by atoms with Crippen molar-refractivity contribution in [2.45, 2.75) is 18.4 Å². The van der Waals surface area contributed by atoms with Crippen LogP contribution in [0.3, 0.4) is 0 Å². The second-order valence-electron chi connectivity index (χ2n) is 5.96. The quantitative estimate of drug-likeness (QED) is 0.745. The molecule has 0 amide bonds. The van der Waals surface area contributed by atoms with Crippen LogP contribution in [0.5, 0.6) is 0 Å². The predicted molar refractivity (Wildman–Crippen MR) is 92.5 cm³/mol. The smallest absolute Gasteiger partial charge is 0.243 e. The van der Waals surface area contributed by atoms with Gasteiger partial charge in [0.1, 0.15) is 0 Å². The average Bonchev–Trinajstić information content (AvgIpc) is 2.63. The highest BCUT2D eigenvalue weighted by atomic mass is 32.2. The second-order valence-corrected chi connectivity index (χ2v) is 7.90. The average molecular weight is 360 g/mol. The van der Waals surface area contributed by atoms with E-state index in [9.17, 15) is 13.2 Å². The number of ketones is 1. The molecule has 0 aliphatic carbocycles. The summed E-state index contributed by atoms with van der Waals surface area (Å²) >= 11 is 0. The van der Waals surface area contributed by atoms with Crippen LogP contribution in [0, 0.1) is 0 Å². The number of aromatic nitrogens is 2. The molecule has 8 heteroatoms. The molecule has 0 N–H and O–H groups in total. The minimum absolute atomic E-state index is 0.0819. The Labute approximate surface area is 147 Å². The summed E-state index contributed by atoms with van der Waals surface area (Å²) in [4.78, 5) is 22.0. The Hall–Kier alpha value is -2.16. The van der Waals surface area contributed by atoms with Crippen LogP contribution < -0.4 is 0 Å². The number of Topliss-reactive ketones (excluding diaryl/α,β-unsaturated/α-hetero) is 1. The summed E-state index contributed by atoms with van der Waals surface area (Å²) < 4.78 is 27.0. The van der Waals surface area contributed by atoms with Gasteiger partial charge in [0.05, 0.1) is 10.6 Å². The molecule has 2 heterocycles. The SMILES string of the molecule is CC(=O)c1ccc(S(=O)(=O)N2CCN(Cc3cnccn3)CC2)cc1. The summed E-state index contributed by atoms with van der Waals surface area (Å²) in [6.45, 7) is 4.26. The third kappa shape index (κ3) is 4.09. The lowest BCUT2D eigenvalue weighted by atomic mass is 10.2. The molecule has 1 saturated heterocycles. The van der Waals surface area contributed by atoms with Crippen molar-refractivity contribution in [3.63, 3.8) is 0 Å². The third-order valence-electron chi connectivity index (χ3n) is 4.23. The summed E-state index contributed by atoms with van der Waals surface area (Å²) in [6, 6.07) is 6.11. The molecular weight excluding hydrogens is 340 g/mol. The molecule has 0 radical (unpaired) electrons. The van der Waals surface area contributed by atoms with Crippen molar-refractivity contribution in [2.75, 3.05) is 26.2 Å². The molecule has 1 aromatic carbocycles. The number of hydrogen-bond acceptors (Lipinski definition) is 6. The lowest BCUT2D eigenvalue weighted by Crippen LogP contribution is -2.48. The molecule has 2 aromatic rings. The molecule has 3 rings (SSSR count). The minimum Gasteiger partial charge on any atom is -0.295 e. The van der Waals surface area contributed by atoms with E-state index in [2.05, 4.69) is 14.9 Å². The van der Waals surface area contributed by atoms with Crippen molar-refractivity contribution < 1.29 is 13.2 Å². The number of hydrogen-bond donors (Lipinski definition) is 0. The second kappa shape index (κ2) is 7.38. The number of sulfonamides is 1. The van der Waals surface area contributed by atoms with Gasteiger partial charge in [-0.1, -0.05) is 12.1 Å². The number of nitrogens with zero attached hydrogens (tertiary/aromatic N) is 4. The van der Waals surface area contributed by atoms with Crippen molar-refractivity contribution in [1.29, 1.82) is 0 Å². The summed E-state index contributed by atoms with van der Waals surface area (Å²) in [5, 5.41) is 0. The lowest BCUT2D eigenvalue weighted by Gasteiger charge is -2.33. The van der Waals surface area contributed by atoms with Crippen molar-refractivity contribution in [1.82, 2.24) is 19.2 Å². The van der Waals surface area contributed by atoms with Crippen LogP contribution in [0.1, 0.15) is 23.0 Å². The maximum Gasteiger partial charge on any atom is 0.243 e. The molecule has 1 fully saturated rings. The van der Waals surface area contributed by atoms with Crippen molar-refractivity contribution in [3.05, 3.63) is 54.1 Å². The zero-order valence-electron chi connectivity index (χ0n) is 14.0. The maximum atomic E-state index is 12.7. The molecular formula is C17H20N4O3S. The van der Waals surface area contributed by atoms with E-state index in [-0.39, 0.29) is 10.7 Å². The Morgan fingerprint density at radius 3 is 2.32 bits per heavy atom. The van der Waals surface area contributed by atoms with Crippen molar-refractivity contribution in [2.24, 2.45) is 0 Å². The highest BCUT2D eigenvalue weighted by Crippen LogP contribution is 2.19. The number of carbonyl (C=O) groups excluding carboxylic acids is 1. The van der Waals surface area contributed by atoms with Gasteiger partial charge < -0.3 is 0 Å². The topological polar surface area (TPSA) is 83.5 Å². The first-order chi connectivity index (χ1) is 12.0. The monoisotopic (exact) mass is 360 g/mol. The molecule has 0 atom stereocenters. The highest BCUT2D eigenvalue weighted by Gasteiger charge is 2.28. The van der Waals surface area contributed by atoms with E-state index in [1.54, 1.807) is 30.7 Å². The van der Waals surface area contributed by atoms with Gasteiger partial charge in [-0.05, 0) is 19.1 Å². The fraction of sp³-hybridized carbons (Fsp3) is 0.353. The van der Waals surface area contributed by atoms with Crippen LogP contribution in [0.25, 0.3) is 0 Å². The zero-order chi connectivity index (χ0) is 17.9. The van der Waals surface area contributed by atoms with E-state index in [0.29, 0.717) is 38.3 Å². The van der Waals surface area contributed by atoms with Gasteiger partial charge in [0.15, 0.2) is 5.78 Å². The Balaban J connectivity index is 1.64. The number of benzene rings is 1. The molecule has 1 aromatic heterocycles. The summed E-state index contributed by atoms with van der Waals surface area (Å²) in [5.74, 6) is -0.0819. The molecule has 0 unspecified atom stereocenters. The van der Waals surface area contributed by atoms with Gasteiger partial charge in [0.25, 0.3) is 0 Å². The zero-order valence-corrected chi connectivity index (χ0v) is 14.8. The van der Waals surface area contributed by atoms with Crippen LogP contribution in [0.4, 0.5) is 0 Å². The molecule has 1 aliphatic heterocycles. The van der Waals surface area contributed by atoms with Crippen LogP contribution in [-0.2, 0) is 16.6 Å². The summed E-state index contributed by atoms with van der Waals surface area (Å²) in [7, 11) is -3.53. The highest BCUT2D eigenvalue weighted by molar-refractivity contribution is 7.89. The van der Waals surface area contributed by atoms with Crippen LogP contribution >= 0.6 is 0 Å². The van der Waals surface area contributed by atoms with E-state index in [1.165, 1.54) is 23.4 Å². The van der Waals surface area contributed by atoms with Gasteiger partial charge in [-0.15, -0.1) is 0 Å². The first-order valence-electron chi connectivity index (χ1n) is 8.05. The van der Waals surface area contributed by atoms with E-state index in [4.69, 9.17) is 0 Å². The molecule has 0 spiro atoms. The van der Waals surface area contributed by atoms with Crippen LogP contribution in [0.15, 0.2) is 47.8 Å². The predicted octanol–water partition coefficient (Wildman–Crippen LogP) is 1.19. The normalized spacial score (nSPS) is 16.7. The maximum absolute atomic E-state index is 12.7. The number of piperazine rings is 1. The van der Waals surface area contributed by atoms with E-state index in [1.807, 2.05) is 0 Å². The first-order valence-corrected chi connectivity index (χ1v) is 9.49. The van der Waals surface area contributed by atoms with Gasteiger partial charge >= 0.3 is 0 Å². The van der Waals surface area contributed by atoms with Crippen molar-refractivity contribution >= 4 is 15.8 Å². The molecule has 7 nitrogen and oxygen atoms in total. The van der Waals surface area contributed by atoms with E-state index >= 15 is 0 Å². The Kier molecular flexibility index (Phi) is 5.22.